The Morgan fingerprint density at radius 2 is 2.30 bits per heavy atom. The fraction of sp³-hybridized carbons (Fsp3) is 0.357. The van der Waals surface area contributed by atoms with Crippen LogP contribution in [0.25, 0.3) is 0 Å². The number of hydrogen-bond donors (Lipinski definition) is 1. The summed E-state index contributed by atoms with van der Waals surface area (Å²) >= 11 is 0. The van der Waals surface area contributed by atoms with Crippen LogP contribution in [0.5, 0.6) is 5.75 Å². The van der Waals surface area contributed by atoms with E-state index in [4.69, 9.17) is 10.00 Å². The number of nitrogens with one attached hydrogen (secondary N) is 1. The molecule has 6 nitrogen and oxygen atoms in total. The van der Waals surface area contributed by atoms with Gasteiger partial charge in [0.2, 0.25) is 0 Å². The monoisotopic (exact) mass is 271 g/mol. The van der Waals surface area contributed by atoms with E-state index in [1.165, 1.54) is 0 Å². The van der Waals surface area contributed by atoms with Crippen LogP contribution in [0.4, 0.5) is 0 Å². The number of hydrogen-bond acceptors (Lipinski definition) is 5. The number of benzene rings is 1. The smallest absolute Gasteiger partial charge is 0.136 e. The Balaban J connectivity index is 1.85. The number of nitrogens with zero attached hydrogens (tertiary/aromatic N) is 4. The van der Waals surface area contributed by atoms with E-state index in [1.807, 2.05) is 23.7 Å². The largest absolute Gasteiger partial charge is 0.495 e. The molecule has 0 bridgehead atoms. The predicted octanol–water partition coefficient (Wildman–Crippen LogP) is 1.03. The average molecular weight is 271 g/mol. The minimum Gasteiger partial charge on any atom is -0.495 e. The van der Waals surface area contributed by atoms with Crippen LogP contribution < -0.4 is 10.1 Å². The number of ether oxygens (including phenoxy) is 1. The molecule has 0 spiro atoms. The molecule has 1 heterocycles. The first-order chi connectivity index (χ1) is 9.74. The van der Waals surface area contributed by atoms with Gasteiger partial charge in [-0.25, -0.2) is 0 Å². The molecule has 0 aliphatic carbocycles. The van der Waals surface area contributed by atoms with Crippen molar-refractivity contribution in [3.05, 3.63) is 41.5 Å². The molecule has 1 aromatic heterocycles. The van der Waals surface area contributed by atoms with Crippen molar-refractivity contribution < 1.29 is 4.74 Å². The molecule has 20 heavy (non-hydrogen) atoms. The van der Waals surface area contributed by atoms with E-state index in [0.717, 1.165) is 30.9 Å². The van der Waals surface area contributed by atoms with Crippen molar-refractivity contribution in [1.29, 1.82) is 5.26 Å². The molecular formula is C14H17N5O. The first-order valence-electron chi connectivity index (χ1n) is 6.35. The highest BCUT2D eigenvalue weighted by Crippen LogP contribution is 2.18. The first kappa shape index (κ1) is 14.0. The van der Waals surface area contributed by atoms with Crippen molar-refractivity contribution in [3.8, 4) is 11.8 Å². The normalized spacial score (nSPS) is 10.2. The molecule has 0 fully saturated rings. The molecule has 2 aromatic rings. The van der Waals surface area contributed by atoms with Crippen LogP contribution in [-0.2, 0) is 20.0 Å². The van der Waals surface area contributed by atoms with E-state index in [-0.39, 0.29) is 0 Å². The topological polar surface area (TPSA) is 75.8 Å². The standard InChI is InChI=1S/C14H17N5O/c1-19-10-17-18-14(19)5-6-16-9-11-3-4-12(8-15)13(7-11)20-2/h3-4,7,10,16H,5-6,9H2,1-2H3. The second-order valence-corrected chi connectivity index (χ2v) is 4.43. The summed E-state index contributed by atoms with van der Waals surface area (Å²) in [5, 5.41) is 20.1. The van der Waals surface area contributed by atoms with Crippen molar-refractivity contribution in [2.24, 2.45) is 7.05 Å². The van der Waals surface area contributed by atoms with E-state index < -0.39 is 0 Å². The number of aromatic nitrogens is 3. The van der Waals surface area contributed by atoms with Crippen molar-refractivity contribution in [2.45, 2.75) is 13.0 Å². The summed E-state index contributed by atoms with van der Waals surface area (Å²) in [4.78, 5) is 0. The lowest BCUT2D eigenvalue weighted by molar-refractivity contribution is 0.412. The third-order valence-electron chi connectivity index (χ3n) is 3.05. The van der Waals surface area contributed by atoms with E-state index in [0.29, 0.717) is 11.3 Å². The lowest BCUT2D eigenvalue weighted by Gasteiger charge is -2.08. The predicted molar refractivity (Wildman–Crippen MR) is 74.1 cm³/mol. The zero-order valence-electron chi connectivity index (χ0n) is 11.6. The highest BCUT2D eigenvalue weighted by molar-refractivity contribution is 5.45. The molecule has 0 radical (unpaired) electrons. The molecule has 2 rings (SSSR count). The maximum absolute atomic E-state index is 8.93. The highest BCUT2D eigenvalue weighted by Gasteiger charge is 2.04. The molecule has 0 aliphatic heterocycles. The van der Waals surface area contributed by atoms with Gasteiger partial charge in [0, 0.05) is 26.6 Å². The van der Waals surface area contributed by atoms with Gasteiger partial charge in [0.25, 0.3) is 0 Å². The summed E-state index contributed by atoms with van der Waals surface area (Å²) in [7, 11) is 3.50. The van der Waals surface area contributed by atoms with Crippen LogP contribution >= 0.6 is 0 Å². The zero-order chi connectivity index (χ0) is 14.4. The number of nitriles is 1. The minimum atomic E-state index is 0.551. The van der Waals surface area contributed by atoms with Crippen molar-refractivity contribution in [3.63, 3.8) is 0 Å². The SMILES string of the molecule is COc1cc(CNCCc2nncn2C)ccc1C#N. The maximum atomic E-state index is 8.93. The Bertz CT molecular complexity index is 614. The van der Waals surface area contributed by atoms with Gasteiger partial charge < -0.3 is 14.6 Å². The molecule has 0 unspecified atom stereocenters. The van der Waals surface area contributed by atoms with Gasteiger partial charge in [-0.05, 0) is 17.7 Å². The van der Waals surface area contributed by atoms with Gasteiger partial charge >= 0.3 is 0 Å². The third-order valence-corrected chi connectivity index (χ3v) is 3.05. The Hall–Kier alpha value is -2.39. The van der Waals surface area contributed by atoms with Gasteiger partial charge in [0.05, 0.1) is 12.7 Å². The lowest BCUT2D eigenvalue weighted by atomic mass is 10.1. The molecule has 0 saturated heterocycles. The Morgan fingerprint density at radius 1 is 1.45 bits per heavy atom. The van der Waals surface area contributed by atoms with Gasteiger partial charge in [-0.2, -0.15) is 5.26 Å². The van der Waals surface area contributed by atoms with Crippen molar-refractivity contribution >= 4 is 0 Å². The summed E-state index contributed by atoms with van der Waals surface area (Å²) in [6.45, 7) is 1.54. The Kier molecular flexibility index (Phi) is 4.69. The Labute approximate surface area is 118 Å². The van der Waals surface area contributed by atoms with Gasteiger partial charge in [-0.15, -0.1) is 10.2 Å². The molecule has 1 N–H and O–H groups in total. The Morgan fingerprint density at radius 3 is 2.95 bits per heavy atom. The fourth-order valence-corrected chi connectivity index (χ4v) is 1.90. The van der Waals surface area contributed by atoms with Crippen molar-refractivity contribution in [2.75, 3.05) is 13.7 Å². The van der Waals surface area contributed by atoms with E-state index in [1.54, 1.807) is 19.5 Å². The number of methoxy groups -OCH3 is 1. The summed E-state index contributed by atoms with van der Waals surface area (Å²) in [6, 6.07) is 7.69. The van der Waals surface area contributed by atoms with Gasteiger partial charge in [-0.1, -0.05) is 6.07 Å². The molecule has 104 valence electrons. The quantitative estimate of drug-likeness (QED) is 0.794. The van der Waals surface area contributed by atoms with Crippen LogP contribution in [0.3, 0.4) is 0 Å². The van der Waals surface area contributed by atoms with E-state index in [2.05, 4.69) is 21.6 Å². The lowest BCUT2D eigenvalue weighted by Crippen LogP contribution is -2.18. The molecule has 0 atom stereocenters. The zero-order valence-corrected chi connectivity index (χ0v) is 11.6. The van der Waals surface area contributed by atoms with E-state index >= 15 is 0 Å². The van der Waals surface area contributed by atoms with Crippen molar-refractivity contribution in [1.82, 2.24) is 20.1 Å². The molecular weight excluding hydrogens is 254 g/mol. The summed E-state index contributed by atoms with van der Waals surface area (Å²) in [5.74, 6) is 1.56. The van der Waals surface area contributed by atoms with Crippen LogP contribution in [0, 0.1) is 11.3 Å². The second kappa shape index (κ2) is 6.68. The van der Waals surface area contributed by atoms with Gasteiger partial charge in [0.1, 0.15) is 24.0 Å². The third kappa shape index (κ3) is 3.33. The first-order valence-corrected chi connectivity index (χ1v) is 6.35. The molecule has 6 heteroatoms. The van der Waals surface area contributed by atoms with Gasteiger partial charge in [0.15, 0.2) is 0 Å². The van der Waals surface area contributed by atoms with Crippen LogP contribution in [0.15, 0.2) is 24.5 Å². The summed E-state index contributed by atoms with van der Waals surface area (Å²) in [5.41, 5.74) is 1.63. The van der Waals surface area contributed by atoms with Crippen LogP contribution in [0.2, 0.25) is 0 Å². The molecule has 0 aliphatic rings. The van der Waals surface area contributed by atoms with Gasteiger partial charge in [-0.3, -0.25) is 0 Å². The van der Waals surface area contributed by atoms with E-state index in [9.17, 15) is 0 Å². The number of rotatable bonds is 6. The number of aryl methyl sites for hydroxylation is 1. The maximum Gasteiger partial charge on any atom is 0.136 e. The molecule has 0 amide bonds. The highest BCUT2D eigenvalue weighted by atomic mass is 16.5. The second-order valence-electron chi connectivity index (χ2n) is 4.43. The minimum absolute atomic E-state index is 0.551. The average Bonchev–Trinajstić information content (AvgIpc) is 2.88. The summed E-state index contributed by atoms with van der Waals surface area (Å²) in [6.07, 6.45) is 2.52. The molecule has 1 aromatic carbocycles. The molecule has 0 saturated carbocycles. The summed E-state index contributed by atoms with van der Waals surface area (Å²) < 4.78 is 7.10. The van der Waals surface area contributed by atoms with Crippen LogP contribution in [-0.4, -0.2) is 28.4 Å². The van der Waals surface area contributed by atoms with Crippen LogP contribution in [0.1, 0.15) is 17.0 Å². The fourth-order valence-electron chi connectivity index (χ4n) is 1.90.